The maximum atomic E-state index is 12.3. The van der Waals surface area contributed by atoms with Crippen molar-refractivity contribution in [2.45, 2.75) is 30.6 Å². The molecule has 0 spiro atoms. The van der Waals surface area contributed by atoms with E-state index in [9.17, 15) is 18.5 Å². The zero-order valence-corrected chi connectivity index (χ0v) is 12.9. The topological polar surface area (TPSA) is 107 Å². The predicted molar refractivity (Wildman–Crippen MR) is 80.4 cm³/mol. The molecule has 1 aromatic carbocycles. The summed E-state index contributed by atoms with van der Waals surface area (Å²) in [7, 11) is -2.07. The summed E-state index contributed by atoms with van der Waals surface area (Å²) < 4.78 is 25.8. The smallest absolute Gasteiger partial charge is 0.269 e. The van der Waals surface area contributed by atoms with Crippen molar-refractivity contribution in [1.82, 2.24) is 4.31 Å². The Hall–Kier alpha value is -1.51. The van der Waals surface area contributed by atoms with Crippen LogP contribution < -0.4 is 5.73 Å². The van der Waals surface area contributed by atoms with Gasteiger partial charge in [0, 0.05) is 25.7 Å². The number of sulfonamides is 1. The molecule has 7 nitrogen and oxygen atoms in total. The van der Waals surface area contributed by atoms with Gasteiger partial charge in [0.25, 0.3) is 5.69 Å². The number of benzene rings is 1. The van der Waals surface area contributed by atoms with Crippen molar-refractivity contribution in [3.8, 4) is 0 Å². The lowest BCUT2D eigenvalue weighted by molar-refractivity contribution is -0.384. The van der Waals surface area contributed by atoms with E-state index in [2.05, 4.69) is 0 Å². The molecule has 1 rings (SSSR count). The minimum absolute atomic E-state index is 0.0672. The molecular formula is C13H21N3O4S. The number of nitrogens with zero attached hydrogens (tertiary/aromatic N) is 2. The molecule has 0 saturated carbocycles. The molecule has 1 aromatic rings. The van der Waals surface area contributed by atoms with Crippen LogP contribution in [0.15, 0.2) is 29.2 Å². The number of nitro benzene ring substituents is 1. The van der Waals surface area contributed by atoms with Gasteiger partial charge >= 0.3 is 0 Å². The molecule has 0 atom stereocenters. The fourth-order valence-corrected chi connectivity index (χ4v) is 3.08. The summed E-state index contributed by atoms with van der Waals surface area (Å²) in [6.45, 7) is 1.07. The van der Waals surface area contributed by atoms with Crippen LogP contribution in [-0.4, -0.2) is 37.8 Å². The molecule has 0 saturated heterocycles. The van der Waals surface area contributed by atoms with E-state index in [-0.39, 0.29) is 10.6 Å². The summed E-state index contributed by atoms with van der Waals surface area (Å²) >= 11 is 0. The second-order valence-corrected chi connectivity index (χ2v) is 6.83. The van der Waals surface area contributed by atoms with Gasteiger partial charge in [0.2, 0.25) is 10.0 Å². The summed E-state index contributed by atoms with van der Waals surface area (Å²) in [5.41, 5.74) is 5.27. The quantitative estimate of drug-likeness (QED) is 0.424. The standard InChI is InChI=1S/C13H21N3O4S/c1-15(11-5-3-2-4-10-14)21(19,20)13-8-6-12(7-9-13)16(17)18/h6-9H,2-5,10-11,14H2,1H3. The van der Waals surface area contributed by atoms with Gasteiger partial charge in [0.05, 0.1) is 9.82 Å². The highest BCUT2D eigenvalue weighted by Crippen LogP contribution is 2.19. The predicted octanol–water partition coefficient (Wildman–Crippen LogP) is 1.73. The van der Waals surface area contributed by atoms with Crippen LogP contribution in [0.2, 0.25) is 0 Å². The third-order valence-electron chi connectivity index (χ3n) is 3.18. The van der Waals surface area contributed by atoms with Crippen LogP contribution in [0, 0.1) is 10.1 Å². The number of hydrogen-bond donors (Lipinski definition) is 1. The zero-order valence-electron chi connectivity index (χ0n) is 12.1. The summed E-state index contributed by atoms with van der Waals surface area (Å²) in [4.78, 5) is 10.1. The molecule has 8 heteroatoms. The van der Waals surface area contributed by atoms with Crippen molar-refractivity contribution in [3.63, 3.8) is 0 Å². The van der Waals surface area contributed by atoms with Gasteiger partial charge in [-0.1, -0.05) is 12.8 Å². The Balaban J connectivity index is 2.64. The van der Waals surface area contributed by atoms with E-state index in [1.807, 2.05) is 0 Å². The molecule has 0 aliphatic heterocycles. The van der Waals surface area contributed by atoms with E-state index in [1.54, 1.807) is 0 Å². The van der Waals surface area contributed by atoms with E-state index >= 15 is 0 Å². The normalized spacial score (nSPS) is 11.8. The summed E-state index contributed by atoms with van der Waals surface area (Å²) in [5.74, 6) is 0. The number of non-ortho nitro benzene ring substituents is 1. The van der Waals surface area contributed by atoms with E-state index in [0.717, 1.165) is 25.7 Å². The lowest BCUT2D eigenvalue weighted by Gasteiger charge is -2.17. The Labute approximate surface area is 124 Å². The first kappa shape index (κ1) is 17.5. The van der Waals surface area contributed by atoms with E-state index < -0.39 is 14.9 Å². The number of nitro groups is 1. The number of nitrogens with two attached hydrogens (primary N) is 1. The zero-order chi connectivity index (χ0) is 15.9. The third kappa shape index (κ3) is 5.07. The van der Waals surface area contributed by atoms with Crippen molar-refractivity contribution in [2.75, 3.05) is 20.1 Å². The molecule has 118 valence electrons. The number of hydrogen-bond acceptors (Lipinski definition) is 5. The van der Waals surface area contributed by atoms with Gasteiger partial charge in [0.1, 0.15) is 0 Å². The maximum Gasteiger partial charge on any atom is 0.269 e. The highest BCUT2D eigenvalue weighted by atomic mass is 32.2. The Morgan fingerprint density at radius 3 is 2.24 bits per heavy atom. The van der Waals surface area contributed by atoms with Crippen LogP contribution in [0.4, 0.5) is 5.69 Å². The SMILES string of the molecule is CN(CCCCCCN)S(=O)(=O)c1ccc([N+](=O)[O-])cc1. The van der Waals surface area contributed by atoms with Gasteiger partial charge in [-0.3, -0.25) is 10.1 Å². The average molecular weight is 315 g/mol. The highest BCUT2D eigenvalue weighted by molar-refractivity contribution is 7.89. The Morgan fingerprint density at radius 1 is 1.14 bits per heavy atom. The minimum atomic E-state index is -3.59. The van der Waals surface area contributed by atoms with E-state index in [0.29, 0.717) is 13.1 Å². The van der Waals surface area contributed by atoms with Gasteiger partial charge < -0.3 is 5.73 Å². The van der Waals surface area contributed by atoms with Gasteiger partial charge in [-0.2, -0.15) is 0 Å². The van der Waals surface area contributed by atoms with Crippen LogP contribution in [0.25, 0.3) is 0 Å². The van der Waals surface area contributed by atoms with Crippen molar-refractivity contribution >= 4 is 15.7 Å². The van der Waals surface area contributed by atoms with Gasteiger partial charge in [-0.05, 0) is 31.5 Å². The molecule has 2 N–H and O–H groups in total. The first-order chi connectivity index (χ1) is 9.89. The van der Waals surface area contributed by atoms with Gasteiger partial charge in [-0.15, -0.1) is 0 Å². The number of unbranched alkanes of at least 4 members (excludes halogenated alkanes) is 3. The molecular weight excluding hydrogens is 294 g/mol. The monoisotopic (exact) mass is 315 g/mol. The Kier molecular flexibility index (Phi) is 6.73. The molecule has 0 fully saturated rings. The minimum Gasteiger partial charge on any atom is -0.330 e. The number of rotatable bonds is 9. The molecule has 0 radical (unpaired) electrons. The first-order valence-corrected chi connectivity index (χ1v) is 8.24. The van der Waals surface area contributed by atoms with Crippen LogP contribution in [0.3, 0.4) is 0 Å². The van der Waals surface area contributed by atoms with Crippen molar-refractivity contribution in [3.05, 3.63) is 34.4 Å². The largest absolute Gasteiger partial charge is 0.330 e. The second-order valence-electron chi connectivity index (χ2n) is 4.78. The second kappa shape index (κ2) is 8.06. The van der Waals surface area contributed by atoms with Crippen molar-refractivity contribution in [1.29, 1.82) is 0 Å². The summed E-state index contributed by atoms with van der Waals surface area (Å²) in [5, 5.41) is 10.6. The van der Waals surface area contributed by atoms with Crippen LogP contribution in [0.1, 0.15) is 25.7 Å². The lowest BCUT2D eigenvalue weighted by atomic mass is 10.2. The van der Waals surface area contributed by atoms with Crippen LogP contribution in [-0.2, 0) is 10.0 Å². The molecule has 0 aliphatic carbocycles. The fourth-order valence-electron chi connectivity index (χ4n) is 1.87. The Morgan fingerprint density at radius 2 is 1.71 bits per heavy atom. The van der Waals surface area contributed by atoms with Gasteiger partial charge in [0.15, 0.2) is 0 Å². The molecule has 0 aliphatic rings. The third-order valence-corrected chi connectivity index (χ3v) is 5.05. The van der Waals surface area contributed by atoms with Crippen LogP contribution >= 0.6 is 0 Å². The molecule has 0 aromatic heterocycles. The maximum absolute atomic E-state index is 12.3. The molecule has 21 heavy (non-hydrogen) atoms. The van der Waals surface area contributed by atoms with E-state index in [4.69, 9.17) is 5.73 Å². The summed E-state index contributed by atoms with van der Waals surface area (Å²) in [6, 6.07) is 4.92. The van der Waals surface area contributed by atoms with Crippen molar-refractivity contribution in [2.24, 2.45) is 5.73 Å². The molecule has 0 heterocycles. The molecule has 0 bridgehead atoms. The molecule has 0 amide bonds. The van der Waals surface area contributed by atoms with Crippen molar-refractivity contribution < 1.29 is 13.3 Å². The highest BCUT2D eigenvalue weighted by Gasteiger charge is 2.21. The van der Waals surface area contributed by atoms with E-state index in [1.165, 1.54) is 35.6 Å². The average Bonchev–Trinajstić information content (AvgIpc) is 2.46. The fraction of sp³-hybridized carbons (Fsp3) is 0.538. The summed E-state index contributed by atoms with van der Waals surface area (Å²) in [6.07, 6.45) is 3.63. The van der Waals surface area contributed by atoms with Gasteiger partial charge in [-0.25, -0.2) is 12.7 Å². The first-order valence-electron chi connectivity index (χ1n) is 6.80. The molecule has 0 unspecified atom stereocenters. The Bertz CT molecular complexity index is 557. The lowest BCUT2D eigenvalue weighted by Crippen LogP contribution is -2.28. The van der Waals surface area contributed by atoms with Crippen LogP contribution in [0.5, 0.6) is 0 Å².